The maximum absolute atomic E-state index is 12.0. The van der Waals surface area contributed by atoms with Crippen LogP contribution in [0.5, 0.6) is 0 Å². The summed E-state index contributed by atoms with van der Waals surface area (Å²) in [5, 5.41) is 3.09. The van der Waals surface area contributed by atoms with Gasteiger partial charge in [-0.3, -0.25) is 4.79 Å². The van der Waals surface area contributed by atoms with Crippen molar-refractivity contribution in [2.75, 3.05) is 18.9 Å². The largest absolute Gasteiger partial charge is 0.399 e. The quantitative estimate of drug-likeness (QED) is 0.837. The van der Waals surface area contributed by atoms with Crippen molar-refractivity contribution in [3.8, 4) is 0 Å². The molecule has 4 nitrogen and oxygen atoms in total. The van der Waals surface area contributed by atoms with Crippen LogP contribution in [0.1, 0.15) is 25.3 Å². The number of carbonyl (C=O) groups excluding carboxylic acids is 1. The number of carbonyl (C=O) groups is 1. The van der Waals surface area contributed by atoms with E-state index in [9.17, 15) is 4.79 Å². The molecule has 1 unspecified atom stereocenters. The number of halogens is 1. The summed E-state index contributed by atoms with van der Waals surface area (Å²) in [6.45, 7) is 3.70. The number of hydrogen-bond acceptors (Lipinski definition) is 3. The number of nitrogens with two attached hydrogens (primary N) is 1. The molecule has 3 N–H and O–H groups in total. The lowest BCUT2D eigenvalue weighted by Gasteiger charge is -2.28. The van der Waals surface area contributed by atoms with Gasteiger partial charge in [-0.25, -0.2) is 0 Å². The van der Waals surface area contributed by atoms with Gasteiger partial charge < -0.3 is 15.8 Å². The summed E-state index contributed by atoms with van der Waals surface area (Å²) in [6.07, 6.45) is 2.47. The number of ether oxygens (including phenoxy) is 1. The molecule has 1 saturated heterocycles. The molecule has 20 heavy (non-hydrogen) atoms. The maximum atomic E-state index is 12.0. The van der Waals surface area contributed by atoms with E-state index in [1.165, 1.54) is 0 Å². The van der Waals surface area contributed by atoms with Gasteiger partial charge in [-0.2, -0.15) is 0 Å². The molecule has 0 radical (unpaired) electrons. The standard InChI is InChI=1S/C15H22N2O2.ClH/c1-11(13-6-8-19-9-7-13)17-15(18)10-12-2-4-14(16)5-3-12;/h2-5,11,13H,6-10,16H2,1H3,(H,17,18);1H. The third-order valence-electron chi connectivity index (χ3n) is 3.71. The summed E-state index contributed by atoms with van der Waals surface area (Å²) in [5.74, 6) is 0.605. The molecule has 0 aliphatic carbocycles. The number of rotatable bonds is 4. The van der Waals surface area contributed by atoms with E-state index in [4.69, 9.17) is 10.5 Å². The Balaban J connectivity index is 0.00000200. The number of nitrogen functional groups attached to an aromatic ring is 1. The highest BCUT2D eigenvalue weighted by Gasteiger charge is 2.21. The SMILES string of the molecule is CC(NC(=O)Cc1ccc(N)cc1)C1CCOCC1.Cl. The highest BCUT2D eigenvalue weighted by Crippen LogP contribution is 2.18. The predicted molar refractivity (Wildman–Crippen MR) is 83.0 cm³/mol. The summed E-state index contributed by atoms with van der Waals surface area (Å²) < 4.78 is 5.34. The van der Waals surface area contributed by atoms with Crippen LogP contribution in [0.3, 0.4) is 0 Å². The van der Waals surface area contributed by atoms with E-state index >= 15 is 0 Å². The normalized spacial score (nSPS) is 17.1. The van der Waals surface area contributed by atoms with Crippen molar-refractivity contribution in [3.63, 3.8) is 0 Å². The second-order valence-electron chi connectivity index (χ2n) is 5.22. The van der Waals surface area contributed by atoms with Gasteiger partial charge in [0.15, 0.2) is 0 Å². The fourth-order valence-corrected chi connectivity index (χ4v) is 2.46. The molecule has 1 aromatic carbocycles. The first-order valence-electron chi connectivity index (χ1n) is 6.86. The second-order valence-corrected chi connectivity index (χ2v) is 5.22. The van der Waals surface area contributed by atoms with Crippen LogP contribution in [-0.4, -0.2) is 25.2 Å². The summed E-state index contributed by atoms with van der Waals surface area (Å²) in [4.78, 5) is 12.0. The topological polar surface area (TPSA) is 64.4 Å². The number of nitrogens with one attached hydrogen (secondary N) is 1. The first-order valence-corrected chi connectivity index (χ1v) is 6.86. The second kappa shape index (κ2) is 8.12. The maximum Gasteiger partial charge on any atom is 0.224 e. The first kappa shape index (κ1) is 16.8. The molecule has 0 aromatic heterocycles. The van der Waals surface area contributed by atoms with E-state index < -0.39 is 0 Å². The van der Waals surface area contributed by atoms with Crippen molar-refractivity contribution in [3.05, 3.63) is 29.8 Å². The zero-order valence-corrected chi connectivity index (χ0v) is 12.6. The third-order valence-corrected chi connectivity index (χ3v) is 3.71. The minimum atomic E-state index is 0. The van der Waals surface area contributed by atoms with Crippen LogP contribution in [0.4, 0.5) is 5.69 Å². The minimum absolute atomic E-state index is 0. The Morgan fingerprint density at radius 1 is 1.35 bits per heavy atom. The molecular weight excluding hydrogens is 276 g/mol. The molecule has 5 heteroatoms. The number of amides is 1. The van der Waals surface area contributed by atoms with E-state index in [0.29, 0.717) is 12.3 Å². The van der Waals surface area contributed by atoms with Gasteiger partial charge in [0.25, 0.3) is 0 Å². The van der Waals surface area contributed by atoms with Gasteiger partial charge in [-0.1, -0.05) is 12.1 Å². The molecule has 1 aromatic rings. The smallest absolute Gasteiger partial charge is 0.224 e. The lowest BCUT2D eigenvalue weighted by atomic mass is 9.93. The van der Waals surface area contributed by atoms with Gasteiger partial charge in [0, 0.05) is 24.9 Å². The minimum Gasteiger partial charge on any atom is -0.399 e. The summed E-state index contributed by atoms with van der Waals surface area (Å²) >= 11 is 0. The average Bonchev–Trinajstić information content (AvgIpc) is 2.42. The number of hydrogen-bond donors (Lipinski definition) is 2. The van der Waals surface area contributed by atoms with Crippen LogP contribution in [0, 0.1) is 5.92 Å². The Hall–Kier alpha value is -1.26. The average molecular weight is 299 g/mol. The molecule has 1 amide bonds. The number of anilines is 1. The van der Waals surface area contributed by atoms with Gasteiger partial charge in [0.05, 0.1) is 6.42 Å². The summed E-state index contributed by atoms with van der Waals surface area (Å²) in [7, 11) is 0. The van der Waals surface area contributed by atoms with Gasteiger partial charge in [-0.15, -0.1) is 12.4 Å². The van der Waals surface area contributed by atoms with E-state index in [1.54, 1.807) is 0 Å². The van der Waals surface area contributed by atoms with E-state index in [0.717, 1.165) is 37.3 Å². The summed E-state index contributed by atoms with van der Waals surface area (Å²) in [5.41, 5.74) is 7.34. The Morgan fingerprint density at radius 2 is 1.95 bits per heavy atom. The molecule has 2 rings (SSSR count). The van der Waals surface area contributed by atoms with Crippen molar-refractivity contribution < 1.29 is 9.53 Å². The van der Waals surface area contributed by atoms with Crippen LogP contribution in [0.15, 0.2) is 24.3 Å². The van der Waals surface area contributed by atoms with Crippen molar-refractivity contribution >= 4 is 24.0 Å². The van der Waals surface area contributed by atoms with Crippen LogP contribution < -0.4 is 11.1 Å². The molecule has 1 fully saturated rings. The van der Waals surface area contributed by atoms with Crippen LogP contribution >= 0.6 is 12.4 Å². The lowest BCUT2D eigenvalue weighted by molar-refractivity contribution is -0.121. The van der Waals surface area contributed by atoms with Crippen LogP contribution in [0.25, 0.3) is 0 Å². The zero-order valence-electron chi connectivity index (χ0n) is 11.8. The van der Waals surface area contributed by atoms with E-state index in [1.807, 2.05) is 24.3 Å². The molecule has 1 atom stereocenters. The van der Waals surface area contributed by atoms with Gasteiger partial charge in [0.1, 0.15) is 0 Å². The molecule has 1 aliphatic heterocycles. The van der Waals surface area contributed by atoms with Gasteiger partial charge in [0.2, 0.25) is 5.91 Å². The fraction of sp³-hybridized carbons (Fsp3) is 0.533. The molecule has 1 heterocycles. The van der Waals surface area contributed by atoms with Gasteiger partial charge in [-0.05, 0) is 43.4 Å². The van der Waals surface area contributed by atoms with Crippen LogP contribution in [-0.2, 0) is 16.0 Å². The first-order chi connectivity index (χ1) is 9.15. The van der Waals surface area contributed by atoms with Crippen molar-refractivity contribution in [2.24, 2.45) is 5.92 Å². The van der Waals surface area contributed by atoms with Crippen LogP contribution in [0.2, 0.25) is 0 Å². The fourth-order valence-electron chi connectivity index (χ4n) is 2.46. The van der Waals surface area contributed by atoms with Crippen molar-refractivity contribution in [1.82, 2.24) is 5.32 Å². The number of benzene rings is 1. The molecule has 0 bridgehead atoms. The molecule has 0 spiro atoms. The van der Waals surface area contributed by atoms with E-state index in [-0.39, 0.29) is 24.4 Å². The lowest BCUT2D eigenvalue weighted by Crippen LogP contribution is -2.40. The Bertz CT molecular complexity index is 416. The predicted octanol–water partition coefficient (Wildman–Crippen LogP) is 2.16. The Morgan fingerprint density at radius 3 is 2.55 bits per heavy atom. The van der Waals surface area contributed by atoms with Crippen molar-refractivity contribution in [2.45, 2.75) is 32.2 Å². The van der Waals surface area contributed by atoms with Crippen molar-refractivity contribution in [1.29, 1.82) is 0 Å². The Kier molecular flexibility index (Phi) is 6.82. The highest BCUT2D eigenvalue weighted by molar-refractivity contribution is 5.85. The van der Waals surface area contributed by atoms with Gasteiger partial charge >= 0.3 is 0 Å². The van der Waals surface area contributed by atoms with E-state index in [2.05, 4.69) is 12.2 Å². The highest BCUT2D eigenvalue weighted by atomic mass is 35.5. The molecule has 1 aliphatic rings. The zero-order chi connectivity index (χ0) is 13.7. The monoisotopic (exact) mass is 298 g/mol. The third kappa shape index (κ3) is 5.02. The molecule has 0 saturated carbocycles. The Labute approximate surface area is 126 Å². The molecule has 112 valence electrons. The molecular formula is C15H23ClN2O2. The summed E-state index contributed by atoms with van der Waals surface area (Å²) in [6, 6.07) is 7.65.